The molecule has 1 N–H and O–H groups in total. The highest BCUT2D eigenvalue weighted by Crippen LogP contribution is 2.34. The largest absolute Gasteiger partial charge is 0.294 e. The van der Waals surface area contributed by atoms with Crippen LogP contribution in [0.15, 0.2) is 29.2 Å². The summed E-state index contributed by atoms with van der Waals surface area (Å²) in [5, 5.41) is 0. The summed E-state index contributed by atoms with van der Waals surface area (Å²) in [4.78, 5) is 78.0. The molecule has 0 aliphatic heterocycles. The number of hydrogen-bond donors (Lipinski definition) is 1. The van der Waals surface area contributed by atoms with E-state index in [1.165, 1.54) is 63.5 Å². The highest BCUT2D eigenvalue weighted by molar-refractivity contribution is 7.85. The van der Waals surface area contributed by atoms with Crippen molar-refractivity contribution in [2.75, 3.05) is 0 Å². The number of unbranched alkanes of at least 4 members (excludes halogenated alkanes) is 9. The van der Waals surface area contributed by atoms with Crippen LogP contribution >= 0.6 is 0 Å². The topological polar surface area (TPSA) is 174 Å². The fourth-order valence-electron chi connectivity index (χ4n) is 3.86. The number of aldehydes is 1. The predicted octanol–water partition coefficient (Wildman–Crippen LogP) is 3.93. The zero-order valence-corrected chi connectivity index (χ0v) is 23.7. The molecule has 1 aromatic rings. The third kappa shape index (κ3) is 14.3. The maximum Gasteiger partial charge on any atom is 0.294 e. The van der Waals surface area contributed by atoms with E-state index in [-0.39, 0.29) is 11.3 Å². The molecule has 0 unspecified atom stereocenters. The third-order valence-corrected chi connectivity index (χ3v) is 7.35. The van der Waals surface area contributed by atoms with Crippen molar-refractivity contribution in [1.29, 1.82) is 0 Å². The van der Waals surface area contributed by atoms with Gasteiger partial charge in [-0.3, -0.25) is 38.1 Å². The molecule has 1 aliphatic carbocycles. The molecule has 40 heavy (non-hydrogen) atoms. The number of ketones is 6. The summed E-state index contributed by atoms with van der Waals surface area (Å²) in [5.74, 6) is -9.05. The van der Waals surface area contributed by atoms with Crippen molar-refractivity contribution in [3.05, 3.63) is 29.8 Å². The minimum absolute atomic E-state index is 0.0666. The zero-order chi connectivity index (χ0) is 30.1. The van der Waals surface area contributed by atoms with E-state index in [2.05, 4.69) is 0 Å². The molecule has 1 fully saturated rings. The minimum atomic E-state index is -4.02. The quantitative estimate of drug-likeness (QED) is 0.0785. The van der Waals surface area contributed by atoms with Crippen molar-refractivity contribution in [3.8, 4) is 0 Å². The monoisotopic (exact) mass is 578 g/mol. The normalized spacial score (nSPS) is 12.6. The van der Waals surface area contributed by atoms with Gasteiger partial charge in [-0.15, -0.1) is 0 Å². The van der Waals surface area contributed by atoms with Gasteiger partial charge >= 0.3 is 0 Å². The zero-order valence-electron chi connectivity index (χ0n) is 22.9. The lowest BCUT2D eigenvalue weighted by molar-refractivity contribution is -0.153. The van der Waals surface area contributed by atoms with Crippen LogP contribution in [0, 0.1) is 12.8 Å². The van der Waals surface area contributed by atoms with Crippen molar-refractivity contribution in [2.24, 2.45) is 5.92 Å². The number of rotatable bonds is 20. The third-order valence-electron chi connectivity index (χ3n) is 6.48. The minimum Gasteiger partial charge on any atom is -0.294 e. The van der Waals surface area contributed by atoms with Gasteiger partial charge in [0.2, 0.25) is 5.78 Å². The first-order chi connectivity index (χ1) is 18.9. The molecule has 0 saturated heterocycles. The number of carbonyl (C=O) groups excluding carboxylic acids is 7. The second-order valence-electron chi connectivity index (χ2n) is 10.0. The Balaban J connectivity index is 0.000000603. The fourth-order valence-corrected chi connectivity index (χ4v) is 4.34. The molecule has 2 rings (SSSR count). The van der Waals surface area contributed by atoms with Crippen molar-refractivity contribution in [2.45, 2.75) is 102 Å². The van der Waals surface area contributed by atoms with E-state index < -0.39 is 51.1 Å². The molecule has 220 valence electrons. The molecule has 0 spiro atoms. The van der Waals surface area contributed by atoms with E-state index in [9.17, 15) is 42.0 Å². The Kier molecular flexibility index (Phi) is 15.9. The SMILES string of the molecule is Cc1ccc(S(=O)(=O)O)cc1.O=CC(=O)C(=O)C(=O)C(=O)C(=O)C(=O)CCCCCCCCCCCCC1CC1. The number of Topliss-reactive ketones (excluding diaryl/α,β-unsaturated/α-hetero) is 6. The van der Waals surface area contributed by atoms with Crippen LogP contribution in [0.2, 0.25) is 0 Å². The van der Waals surface area contributed by atoms with Gasteiger partial charge in [0.1, 0.15) is 0 Å². The maximum atomic E-state index is 11.7. The lowest BCUT2D eigenvalue weighted by atomic mass is 10.00. The van der Waals surface area contributed by atoms with Gasteiger partial charge in [0.15, 0.2) is 6.29 Å². The Morgan fingerprint density at radius 2 is 1.18 bits per heavy atom. The Morgan fingerprint density at radius 3 is 1.62 bits per heavy atom. The molecule has 10 nitrogen and oxygen atoms in total. The van der Waals surface area contributed by atoms with Crippen molar-refractivity contribution in [1.82, 2.24) is 0 Å². The van der Waals surface area contributed by atoms with Crippen molar-refractivity contribution < 1.29 is 46.5 Å². The van der Waals surface area contributed by atoms with Gasteiger partial charge < -0.3 is 0 Å². The van der Waals surface area contributed by atoms with Gasteiger partial charge in [-0.2, -0.15) is 8.42 Å². The molecule has 0 heterocycles. The van der Waals surface area contributed by atoms with Crippen molar-refractivity contribution in [3.63, 3.8) is 0 Å². The van der Waals surface area contributed by atoms with Crippen LogP contribution in [0.25, 0.3) is 0 Å². The van der Waals surface area contributed by atoms with Crippen LogP contribution in [0.4, 0.5) is 0 Å². The molecule has 0 atom stereocenters. The van der Waals surface area contributed by atoms with Crippen LogP contribution in [-0.4, -0.2) is 54.0 Å². The lowest BCUT2D eigenvalue weighted by Gasteiger charge is -2.03. The fraction of sp³-hybridized carbons (Fsp3) is 0.552. The van der Waals surface area contributed by atoms with Gasteiger partial charge in [0.05, 0.1) is 4.90 Å². The number of hydrogen-bond acceptors (Lipinski definition) is 9. The summed E-state index contributed by atoms with van der Waals surface area (Å²) in [5.41, 5.74) is 0.956. The van der Waals surface area contributed by atoms with Gasteiger partial charge in [-0.1, -0.05) is 94.7 Å². The first-order valence-electron chi connectivity index (χ1n) is 13.6. The van der Waals surface area contributed by atoms with E-state index in [0.717, 1.165) is 37.2 Å². The highest BCUT2D eigenvalue weighted by atomic mass is 32.2. The summed E-state index contributed by atoms with van der Waals surface area (Å²) >= 11 is 0. The smallest absolute Gasteiger partial charge is 0.294 e. The molecule has 1 aromatic carbocycles. The summed E-state index contributed by atoms with van der Waals surface area (Å²) in [6, 6.07) is 5.99. The first kappa shape index (κ1) is 34.8. The highest BCUT2D eigenvalue weighted by Gasteiger charge is 2.35. The van der Waals surface area contributed by atoms with Gasteiger partial charge in [-0.05, 0) is 31.4 Å². The molecule has 0 radical (unpaired) electrons. The second-order valence-corrected chi connectivity index (χ2v) is 11.4. The molecule has 1 aliphatic rings. The summed E-state index contributed by atoms with van der Waals surface area (Å²) < 4.78 is 29.6. The van der Waals surface area contributed by atoms with Crippen molar-refractivity contribution >= 4 is 51.1 Å². The predicted molar refractivity (Wildman–Crippen MR) is 145 cm³/mol. The molecule has 0 bridgehead atoms. The average molecular weight is 579 g/mol. The second kappa shape index (κ2) is 18.2. The molecule has 0 aromatic heterocycles. The number of benzene rings is 1. The molecular formula is C29H38O10S. The summed E-state index contributed by atoms with van der Waals surface area (Å²) in [7, 11) is -4.02. The van der Waals surface area contributed by atoms with Crippen LogP contribution in [0.3, 0.4) is 0 Å². The van der Waals surface area contributed by atoms with Crippen LogP contribution in [-0.2, 0) is 43.7 Å². The van der Waals surface area contributed by atoms with E-state index in [0.29, 0.717) is 6.42 Å². The number of aryl methyl sites for hydroxylation is 1. The van der Waals surface area contributed by atoms with Gasteiger partial charge in [0.25, 0.3) is 39.0 Å². The van der Waals surface area contributed by atoms with Crippen LogP contribution < -0.4 is 0 Å². The molecular weight excluding hydrogens is 540 g/mol. The van der Waals surface area contributed by atoms with E-state index in [1.54, 1.807) is 12.1 Å². The van der Waals surface area contributed by atoms with Crippen LogP contribution in [0.1, 0.15) is 95.5 Å². The lowest BCUT2D eigenvalue weighted by Crippen LogP contribution is -2.38. The maximum absolute atomic E-state index is 11.7. The van der Waals surface area contributed by atoms with E-state index in [4.69, 9.17) is 4.55 Å². The average Bonchev–Trinajstić information content (AvgIpc) is 3.76. The van der Waals surface area contributed by atoms with Gasteiger partial charge in [0, 0.05) is 6.42 Å². The Bertz CT molecular complexity index is 1160. The molecule has 11 heteroatoms. The van der Waals surface area contributed by atoms with Gasteiger partial charge in [-0.25, -0.2) is 0 Å². The molecule has 1 saturated carbocycles. The number of carbonyl (C=O) groups is 7. The Labute approximate surface area is 235 Å². The molecule has 0 amide bonds. The summed E-state index contributed by atoms with van der Waals surface area (Å²) in [6.07, 6.45) is 14.3. The van der Waals surface area contributed by atoms with E-state index in [1.807, 2.05) is 6.92 Å². The van der Waals surface area contributed by atoms with E-state index >= 15 is 0 Å². The Morgan fingerprint density at radius 1 is 0.725 bits per heavy atom. The summed E-state index contributed by atoms with van der Waals surface area (Å²) in [6.45, 7) is 1.84. The first-order valence-corrected chi connectivity index (χ1v) is 15.1. The Hall–Kier alpha value is -3.18. The standard InChI is InChI=1S/C22H30O7.C7H8O3S/c23-15-18(25)20(27)22(29)21(28)19(26)17(24)12-10-8-6-4-2-1-3-5-7-9-11-16-13-14-16;1-6-2-4-7(5-3-6)11(8,9)10/h15-16H,1-14H2;2-5H,1H3,(H,8,9,10). The van der Waals surface area contributed by atoms with Crippen LogP contribution in [0.5, 0.6) is 0 Å².